The zero-order valence-corrected chi connectivity index (χ0v) is 27.6. The van der Waals surface area contributed by atoms with Crippen molar-refractivity contribution in [3.63, 3.8) is 0 Å². The summed E-state index contributed by atoms with van der Waals surface area (Å²) in [4.78, 5) is 29.2. The van der Waals surface area contributed by atoms with E-state index in [1.165, 1.54) is 4.31 Å². The lowest BCUT2D eigenvalue weighted by molar-refractivity contribution is -0.141. The van der Waals surface area contributed by atoms with Gasteiger partial charge >= 0.3 is 0 Å². The number of carbonyl (C=O) groups is 2. The van der Waals surface area contributed by atoms with E-state index in [-0.39, 0.29) is 37.7 Å². The smallest absolute Gasteiger partial charge is 0.243 e. The molecule has 0 spiro atoms. The number of benzene rings is 3. The predicted octanol–water partition coefficient (Wildman–Crippen LogP) is 5.95. The van der Waals surface area contributed by atoms with Crippen LogP contribution < -0.4 is 14.4 Å². The zero-order chi connectivity index (χ0) is 31.2. The molecule has 1 unspecified atom stereocenters. The topological polar surface area (TPSA) is 96.0 Å². The first-order chi connectivity index (χ1) is 20.6. The van der Waals surface area contributed by atoms with Crippen molar-refractivity contribution >= 4 is 43.5 Å². The van der Waals surface area contributed by atoms with Crippen molar-refractivity contribution in [3.05, 3.63) is 94.5 Å². The maximum absolute atomic E-state index is 13.9. The third-order valence-electron chi connectivity index (χ3n) is 6.93. The molecule has 0 radical (unpaired) electrons. The molecule has 0 saturated carbocycles. The number of nitrogens with zero attached hydrogens (tertiary/aromatic N) is 2. The molecule has 232 valence electrons. The molecular formula is C33H42BrN3O5S. The van der Waals surface area contributed by atoms with E-state index >= 15 is 0 Å². The lowest BCUT2D eigenvalue weighted by Gasteiger charge is -2.32. The summed E-state index contributed by atoms with van der Waals surface area (Å²) in [6.45, 7) is 5.35. The van der Waals surface area contributed by atoms with Gasteiger partial charge < -0.3 is 15.0 Å². The quantitative estimate of drug-likeness (QED) is 0.179. The van der Waals surface area contributed by atoms with Gasteiger partial charge in [0, 0.05) is 36.9 Å². The number of amides is 2. The Morgan fingerprint density at radius 1 is 0.930 bits per heavy atom. The molecule has 0 aliphatic rings. The number of carbonyl (C=O) groups excluding carboxylic acids is 2. The van der Waals surface area contributed by atoms with E-state index in [4.69, 9.17) is 4.74 Å². The lowest BCUT2D eigenvalue weighted by atomic mass is 10.0. The maximum Gasteiger partial charge on any atom is 0.243 e. The largest absolute Gasteiger partial charge is 0.494 e. The Morgan fingerprint density at radius 3 is 2.26 bits per heavy atom. The second kappa shape index (κ2) is 17.1. The van der Waals surface area contributed by atoms with Crippen LogP contribution in [0.5, 0.6) is 5.75 Å². The molecule has 2 amide bonds. The van der Waals surface area contributed by atoms with Gasteiger partial charge in [0.25, 0.3) is 0 Å². The summed E-state index contributed by atoms with van der Waals surface area (Å²) in [5.41, 5.74) is 2.33. The molecule has 0 saturated heterocycles. The van der Waals surface area contributed by atoms with Crippen molar-refractivity contribution < 1.29 is 22.7 Å². The van der Waals surface area contributed by atoms with Gasteiger partial charge in [-0.05, 0) is 67.3 Å². The van der Waals surface area contributed by atoms with Crippen molar-refractivity contribution in [1.29, 1.82) is 0 Å². The van der Waals surface area contributed by atoms with E-state index in [1.54, 1.807) is 29.2 Å². The fourth-order valence-electron chi connectivity index (χ4n) is 4.77. The third kappa shape index (κ3) is 11.0. The summed E-state index contributed by atoms with van der Waals surface area (Å²) in [6.07, 6.45) is 3.65. The van der Waals surface area contributed by atoms with Gasteiger partial charge in [0.05, 0.1) is 18.6 Å². The van der Waals surface area contributed by atoms with E-state index < -0.39 is 16.1 Å². The van der Waals surface area contributed by atoms with Crippen LogP contribution in [0.3, 0.4) is 0 Å². The normalized spacial score (nSPS) is 11.9. The van der Waals surface area contributed by atoms with E-state index in [2.05, 4.69) is 28.2 Å². The number of sulfonamides is 1. The molecule has 3 rings (SSSR count). The molecule has 3 aromatic carbocycles. The van der Waals surface area contributed by atoms with Gasteiger partial charge in [0.1, 0.15) is 11.8 Å². The predicted molar refractivity (Wildman–Crippen MR) is 176 cm³/mol. The van der Waals surface area contributed by atoms with Crippen LogP contribution in [-0.4, -0.2) is 57.1 Å². The molecule has 0 aromatic heterocycles. The van der Waals surface area contributed by atoms with Gasteiger partial charge in [-0.3, -0.25) is 13.9 Å². The number of rotatable bonds is 17. The summed E-state index contributed by atoms with van der Waals surface area (Å²) in [6, 6.07) is 23.5. The monoisotopic (exact) mass is 671 g/mol. The summed E-state index contributed by atoms with van der Waals surface area (Å²) >= 11 is 3.51. The molecule has 1 atom stereocenters. The van der Waals surface area contributed by atoms with Crippen LogP contribution in [-0.2, 0) is 32.6 Å². The molecule has 43 heavy (non-hydrogen) atoms. The Kier molecular flexibility index (Phi) is 13.5. The minimum absolute atomic E-state index is 0.0740. The van der Waals surface area contributed by atoms with E-state index in [0.29, 0.717) is 31.0 Å². The molecule has 0 heterocycles. The Labute approximate surface area is 264 Å². The van der Waals surface area contributed by atoms with Crippen LogP contribution in [0.4, 0.5) is 5.69 Å². The first-order valence-corrected chi connectivity index (χ1v) is 17.3. The molecular weight excluding hydrogens is 630 g/mol. The highest BCUT2D eigenvalue weighted by molar-refractivity contribution is 9.10. The summed E-state index contributed by atoms with van der Waals surface area (Å²) in [7, 11) is -3.60. The van der Waals surface area contributed by atoms with E-state index in [0.717, 1.165) is 34.7 Å². The molecule has 8 nitrogen and oxygen atoms in total. The van der Waals surface area contributed by atoms with Crippen molar-refractivity contribution in [2.24, 2.45) is 0 Å². The van der Waals surface area contributed by atoms with Crippen LogP contribution in [0.2, 0.25) is 0 Å². The number of hydrogen-bond donors (Lipinski definition) is 1. The summed E-state index contributed by atoms with van der Waals surface area (Å²) in [5, 5.41) is 3.03. The van der Waals surface area contributed by atoms with Crippen molar-refractivity contribution in [2.45, 2.75) is 58.5 Å². The fourth-order valence-corrected chi connectivity index (χ4v) is 6.18. The molecule has 10 heteroatoms. The van der Waals surface area contributed by atoms with Gasteiger partial charge in [0.2, 0.25) is 21.8 Å². The highest BCUT2D eigenvalue weighted by Gasteiger charge is 2.30. The number of ether oxygens (including phenoxy) is 1. The first-order valence-electron chi connectivity index (χ1n) is 14.7. The van der Waals surface area contributed by atoms with Crippen LogP contribution in [0.15, 0.2) is 83.3 Å². The highest BCUT2D eigenvalue weighted by Crippen LogP contribution is 2.23. The van der Waals surface area contributed by atoms with Crippen LogP contribution >= 0.6 is 15.9 Å². The molecule has 1 N–H and O–H groups in total. The standard InChI is InChI=1S/C33H42BrN3O5S/c1-4-6-21-35-33(39)31(24-26-12-8-7-9-13-26)36(25-27-14-10-15-28(34)23-27)32(38)16-11-22-37(43(3,40)41)29-17-19-30(20-18-29)42-5-2/h7-10,12-15,17-20,23,31H,4-6,11,16,21-22,24-25H2,1-3H3,(H,35,39). The third-order valence-corrected chi connectivity index (χ3v) is 8.62. The maximum atomic E-state index is 13.9. The lowest BCUT2D eigenvalue weighted by Crippen LogP contribution is -2.50. The molecule has 0 aliphatic heterocycles. The number of nitrogens with one attached hydrogen (secondary N) is 1. The average molecular weight is 673 g/mol. The minimum Gasteiger partial charge on any atom is -0.494 e. The highest BCUT2D eigenvalue weighted by atomic mass is 79.9. The van der Waals surface area contributed by atoms with Crippen molar-refractivity contribution in [2.75, 3.05) is 30.3 Å². The van der Waals surface area contributed by atoms with Gasteiger partial charge in [-0.25, -0.2) is 8.42 Å². The van der Waals surface area contributed by atoms with Gasteiger partial charge in [-0.2, -0.15) is 0 Å². The first kappa shape index (κ1) is 34.1. The average Bonchev–Trinajstić information content (AvgIpc) is 2.98. The van der Waals surface area contributed by atoms with Crippen LogP contribution in [0, 0.1) is 0 Å². The number of halogens is 1. The molecule has 3 aromatic rings. The van der Waals surface area contributed by atoms with Gasteiger partial charge in [0.15, 0.2) is 0 Å². The van der Waals surface area contributed by atoms with E-state index in [9.17, 15) is 18.0 Å². The van der Waals surface area contributed by atoms with Crippen molar-refractivity contribution in [1.82, 2.24) is 10.2 Å². The summed E-state index contributed by atoms with van der Waals surface area (Å²) < 4.78 is 33.0. The molecule has 0 aliphatic carbocycles. The Bertz CT molecular complexity index is 1420. The Morgan fingerprint density at radius 2 is 1.63 bits per heavy atom. The summed E-state index contributed by atoms with van der Waals surface area (Å²) in [5.74, 6) is 0.235. The Balaban J connectivity index is 1.85. The fraction of sp³-hybridized carbons (Fsp3) is 0.394. The number of anilines is 1. The van der Waals surface area contributed by atoms with Crippen LogP contribution in [0.1, 0.15) is 50.7 Å². The van der Waals surface area contributed by atoms with Crippen LogP contribution in [0.25, 0.3) is 0 Å². The van der Waals surface area contributed by atoms with E-state index in [1.807, 2.05) is 61.5 Å². The molecule has 0 bridgehead atoms. The molecule has 0 fully saturated rings. The number of hydrogen-bond acceptors (Lipinski definition) is 5. The van der Waals surface area contributed by atoms with Gasteiger partial charge in [-0.15, -0.1) is 0 Å². The SMILES string of the molecule is CCCCNC(=O)C(Cc1ccccc1)N(Cc1cccc(Br)c1)C(=O)CCCN(c1ccc(OCC)cc1)S(C)(=O)=O. The Hall–Kier alpha value is -3.37. The zero-order valence-electron chi connectivity index (χ0n) is 25.2. The van der Waals surface area contributed by atoms with Gasteiger partial charge in [-0.1, -0.05) is 71.7 Å². The van der Waals surface area contributed by atoms with Crippen molar-refractivity contribution in [3.8, 4) is 5.75 Å². The minimum atomic E-state index is -3.60. The second-order valence-corrected chi connectivity index (χ2v) is 13.2. The number of unbranched alkanes of at least 4 members (excludes halogenated alkanes) is 1. The second-order valence-electron chi connectivity index (χ2n) is 10.4.